The first-order valence-electron chi connectivity index (χ1n) is 8.18. The lowest BCUT2D eigenvalue weighted by Gasteiger charge is -2.44. The molecule has 2 aliphatic carbocycles. The highest BCUT2D eigenvalue weighted by molar-refractivity contribution is 6.32. The molecule has 0 bridgehead atoms. The minimum atomic E-state index is -0.578. The van der Waals surface area contributed by atoms with E-state index in [-0.39, 0.29) is 17.4 Å². The van der Waals surface area contributed by atoms with Crippen LogP contribution in [0, 0.1) is 5.41 Å². The summed E-state index contributed by atoms with van der Waals surface area (Å²) in [5, 5.41) is 13.8. The molecule has 0 spiro atoms. The number of amides is 1. The van der Waals surface area contributed by atoms with Gasteiger partial charge in [0.15, 0.2) is 0 Å². The minimum Gasteiger partial charge on any atom is -0.474 e. The second-order valence-corrected chi connectivity index (χ2v) is 7.43. The number of pyridine rings is 1. The Morgan fingerprint density at radius 1 is 1.43 bits per heavy atom. The number of rotatable bonds is 6. The predicted octanol–water partition coefficient (Wildman–Crippen LogP) is 2.95. The third kappa shape index (κ3) is 3.17. The van der Waals surface area contributed by atoms with Gasteiger partial charge in [0, 0.05) is 18.2 Å². The monoisotopic (exact) mass is 338 g/mol. The topological polar surface area (TPSA) is 71.5 Å². The van der Waals surface area contributed by atoms with Crippen LogP contribution in [0.15, 0.2) is 12.3 Å². The molecule has 1 amide bonds. The molecule has 0 atom stereocenters. The van der Waals surface area contributed by atoms with Gasteiger partial charge in [-0.05, 0) is 52.0 Å². The first-order chi connectivity index (χ1) is 10.9. The van der Waals surface area contributed by atoms with Crippen molar-refractivity contribution >= 4 is 17.5 Å². The quantitative estimate of drug-likeness (QED) is 0.836. The number of carbonyl (C=O) groups excluding carboxylic acids is 1. The van der Waals surface area contributed by atoms with Crippen LogP contribution in [0.4, 0.5) is 0 Å². The van der Waals surface area contributed by atoms with Gasteiger partial charge in [0.1, 0.15) is 5.02 Å². The lowest BCUT2D eigenvalue weighted by Crippen LogP contribution is -2.50. The van der Waals surface area contributed by atoms with Crippen LogP contribution in [0.1, 0.15) is 56.3 Å². The van der Waals surface area contributed by atoms with Crippen molar-refractivity contribution in [2.75, 3.05) is 6.54 Å². The number of halogens is 1. The summed E-state index contributed by atoms with van der Waals surface area (Å²) in [5.74, 6) is 0.116. The zero-order valence-corrected chi connectivity index (χ0v) is 14.3. The molecule has 23 heavy (non-hydrogen) atoms. The van der Waals surface area contributed by atoms with Crippen molar-refractivity contribution in [3.05, 3.63) is 22.8 Å². The van der Waals surface area contributed by atoms with Crippen molar-refractivity contribution in [1.82, 2.24) is 10.3 Å². The molecule has 1 aromatic heterocycles. The van der Waals surface area contributed by atoms with Crippen molar-refractivity contribution in [2.24, 2.45) is 5.41 Å². The lowest BCUT2D eigenvalue weighted by molar-refractivity contribution is -0.0948. The van der Waals surface area contributed by atoms with E-state index in [9.17, 15) is 9.90 Å². The van der Waals surface area contributed by atoms with Crippen LogP contribution in [0.2, 0.25) is 5.02 Å². The molecule has 126 valence electrons. The summed E-state index contributed by atoms with van der Waals surface area (Å²) in [4.78, 5) is 16.4. The fourth-order valence-electron chi connectivity index (χ4n) is 3.21. The summed E-state index contributed by atoms with van der Waals surface area (Å²) in [6.45, 7) is 4.28. The maximum Gasteiger partial charge on any atom is 0.252 e. The van der Waals surface area contributed by atoms with E-state index in [1.165, 1.54) is 6.20 Å². The summed E-state index contributed by atoms with van der Waals surface area (Å²) in [6, 6.07) is 1.57. The average Bonchev–Trinajstić information content (AvgIpc) is 3.25. The molecule has 1 aromatic rings. The summed E-state index contributed by atoms with van der Waals surface area (Å²) in [7, 11) is 0. The Balaban J connectivity index is 1.61. The third-order valence-corrected chi connectivity index (χ3v) is 5.30. The van der Waals surface area contributed by atoms with Crippen molar-refractivity contribution in [3.63, 3.8) is 0 Å². The molecule has 6 heteroatoms. The standard InChI is InChI=1S/C17H23ClN2O3/c1-11(2)23-15-13(18)8-12(9-19-15)14(21)20-10-16(6-7-16)17(22)4-3-5-17/h8-9,11,22H,3-7,10H2,1-2H3,(H,20,21). The molecule has 0 saturated heterocycles. The Labute approximate surface area is 141 Å². The normalized spacial score (nSPS) is 20.7. The Morgan fingerprint density at radius 3 is 2.61 bits per heavy atom. The second kappa shape index (κ2) is 5.95. The zero-order chi connectivity index (χ0) is 16.7. The van der Waals surface area contributed by atoms with Crippen LogP contribution in [0.5, 0.6) is 5.88 Å². The molecule has 0 aliphatic heterocycles. The largest absolute Gasteiger partial charge is 0.474 e. The fourth-order valence-corrected chi connectivity index (χ4v) is 3.42. The first-order valence-corrected chi connectivity index (χ1v) is 8.56. The Bertz CT molecular complexity index is 610. The SMILES string of the molecule is CC(C)Oc1ncc(C(=O)NCC2(C3(O)CCC3)CC2)cc1Cl. The van der Waals surface area contributed by atoms with Crippen molar-refractivity contribution < 1.29 is 14.6 Å². The van der Waals surface area contributed by atoms with Gasteiger partial charge < -0.3 is 15.2 Å². The van der Waals surface area contributed by atoms with Crippen LogP contribution in [0.3, 0.4) is 0 Å². The van der Waals surface area contributed by atoms with Crippen LogP contribution in [-0.2, 0) is 0 Å². The van der Waals surface area contributed by atoms with E-state index in [0.717, 1.165) is 32.1 Å². The Morgan fingerprint density at radius 2 is 2.13 bits per heavy atom. The molecule has 1 heterocycles. The smallest absolute Gasteiger partial charge is 0.252 e. The number of aromatic nitrogens is 1. The van der Waals surface area contributed by atoms with Gasteiger partial charge in [-0.3, -0.25) is 4.79 Å². The van der Waals surface area contributed by atoms with E-state index in [0.29, 0.717) is 23.0 Å². The highest BCUT2D eigenvalue weighted by Crippen LogP contribution is 2.60. The van der Waals surface area contributed by atoms with Crippen LogP contribution < -0.4 is 10.1 Å². The van der Waals surface area contributed by atoms with Crippen LogP contribution in [0.25, 0.3) is 0 Å². The summed E-state index contributed by atoms with van der Waals surface area (Å²) < 4.78 is 5.46. The van der Waals surface area contributed by atoms with Gasteiger partial charge in [0.25, 0.3) is 5.91 Å². The fraction of sp³-hybridized carbons (Fsp3) is 0.647. The third-order valence-electron chi connectivity index (χ3n) is 5.03. The summed E-state index contributed by atoms with van der Waals surface area (Å²) >= 11 is 6.12. The molecule has 2 aliphatic rings. The Kier molecular flexibility index (Phi) is 4.27. The van der Waals surface area contributed by atoms with Crippen molar-refractivity contribution in [3.8, 4) is 5.88 Å². The lowest BCUT2D eigenvalue weighted by atomic mass is 9.69. The number of hydrogen-bond donors (Lipinski definition) is 2. The highest BCUT2D eigenvalue weighted by Gasteiger charge is 2.60. The molecule has 0 unspecified atom stereocenters. The molecule has 5 nitrogen and oxygen atoms in total. The average molecular weight is 339 g/mol. The highest BCUT2D eigenvalue weighted by atomic mass is 35.5. The number of aliphatic hydroxyl groups is 1. The molecule has 3 rings (SSSR count). The van der Waals surface area contributed by atoms with Gasteiger partial charge in [-0.2, -0.15) is 0 Å². The van der Waals surface area contributed by atoms with Gasteiger partial charge in [-0.25, -0.2) is 4.98 Å². The summed E-state index contributed by atoms with van der Waals surface area (Å²) in [5.41, 5.74) is -0.299. The molecular formula is C17H23ClN2O3. The van der Waals surface area contributed by atoms with Crippen LogP contribution >= 0.6 is 11.6 Å². The van der Waals surface area contributed by atoms with Crippen molar-refractivity contribution in [1.29, 1.82) is 0 Å². The van der Waals surface area contributed by atoms with E-state index >= 15 is 0 Å². The van der Waals surface area contributed by atoms with E-state index in [1.807, 2.05) is 13.8 Å². The maximum atomic E-state index is 12.3. The second-order valence-electron chi connectivity index (χ2n) is 7.03. The van der Waals surface area contributed by atoms with Gasteiger partial charge in [0.2, 0.25) is 5.88 Å². The minimum absolute atomic E-state index is 0.0300. The van der Waals surface area contributed by atoms with Gasteiger partial charge in [0.05, 0.1) is 17.3 Å². The van der Waals surface area contributed by atoms with Gasteiger partial charge in [-0.15, -0.1) is 0 Å². The molecular weight excluding hydrogens is 316 g/mol. The van der Waals surface area contributed by atoms with E-state index in [4.69, 9.17) is 16.3 Å². The van der Waals surface area contributed by atoms with E-state index in [1.54, 1.807) is 6.07 Å². The molecule has 2 saturated carbocycles. The molecule has 0 aromatic carbocycles. The zero-order valence-electron chi connectivity index (χ0n) is 13.6. The Hall–Kier alpha value is -1.33. The molecule has 2 N–H and O–H groups in total. The number of nitrogens with zero attached hydrogens (tertiary/aromatic N) is 1. The number of nitrogens with one attached hydrogen (secondary N) is 1. The predicted molar refractivity (Wildman–Crippen MR) is 87.8 cm³/mol. The maximum absolute atomic E-state index is 12.3. The van der Waals surface area contributed by atoms with E-state index < -0.39 is 5.60 Å². The van der Waals surface area contributed by atoms with Crippen LogP contribution in [-0.4, -0.2) is 34.2 Å². The van der Waals surface area contributed by atoms with E-state index in [2.05, 4.69) is 10.3 Å². The summed E-state index contributed by atoms with van der Waals surface area (Å²) in [6.07, 6.45) is 6.15. The van der Waals surface area contributed by atoms with Crippen molar-refractivity contribution in [2.45, 2.75) is 57.7 Å². The first kappa shape index (κ1) is 16.5. The van der Waals surface area contributed by atoms with Gasteiger partial charge in [-0.1, -0.05) is 11.6 Å². The number of carbonyl (C=O) groups is 1. The van der Waals surface area contributed by atoms with Gasteiger partial charge >= 0.3 is 0 Å². The number of ether oxygens (including phenoxy) is 1. The molecule has 0 radical (unpaired) electrons. The molecule has 2 fully saturated rings. The number of hydrogen-bond acceptors (Lipinski definition) is 4.